The van der Waals surface area contributed by atoms with E-state index in [4.69, 9.17) is 9.47 Å². The molecule has 1 aromatic heterocycles. The van der Waals surface area contributed by atoms with E-state index in [-0.39, 0.29) is 5.91 Å². The molecule has 1 aromatic carbocycles. The predicted octanol–water partition coefficient (Wildman–Crippen LogP) is 6.62. The van der Waals surface area contributed by atoms with Crippen molar-refractivity contribution in [2.24, 2.45) is 0 Å². The molecule has 0 unspecified atom stereocenters. The second-order valence-corrected chi connectivity index (χ2v) is 9.03. The Morgan fingerprint density at radius 1 is 0.882 bits per heavy atom. The summed E-state index contributed by atoms with van der Waals surface area (Å²) in [4.78, 5) is 12.7. The number of carbonyl (C=O) groups excluding carboxylic acids is 1. The van der Waals surface area contributed by atoms with Gasteiger partial charge in [0.2, 0.25) is 0 Å². The van der Waals surface area contributed by atoms with Gasteiger partial charge in [-0.3, -0.25) is 4.79 Å². The number of aromatic nitrogens is 1. The van der Waals surface area contributed by atoms with Gasteiger partial charge in [-0.2, -0.15) is 0 Å². The maximum Gasteiger partial charge on any atom is 0.251 e. The molecular weight excluding hydrogens is 424 g/mol. The number of aryl methyl sites for hydroxylation is 1. The van der Waals surface area contributed by atoms with Crippen molar-refractivity contribution in [3.8, 4) is 11.5 Å². The van der Waals surface area contributed by atoms with Gasteiger partial charge in [-0.1, -0.05) is 71.6 Å². The fourth-order valence-electron chi connectivity index (χ4n) is 4.06. The molecule has 0 saturated carbocycles. The van der Waals surface area contributed by atoms with E-state index >= 15 is 0 Å². The second-order valence-electron chi connectivity index (χ2n) is 9.03. The van der Waals surface area contributed by atoms with Gasteiger partial charge in [-0.25, -0.2) is 4.57 Å². The van der Waals surface area contributed by atoms with E-state index in [1.165, 1.54) is 57.8 Å². The van der Waals surface area contributed by atoms with Gasteiger partial charge in [0.15, 0.2) is 23.9 Å². The number of ether oxygens (including phenoxy) is 2. The van der Waals surface area contributed by atoms with Crippen LogP contribution in [0.15, 0.2) is 42.7 Å². The van der Waals surface area contributed by atoms with Crippen molar-refractivity contribution in [1.29, 1.82) is 0 Å². The van der Waals surface area contributed by atoms with Crippen LogP contribution >= 0.6 is 0 Å². The molecule has 2 rings (SSSR count). The maximum absolute atomic E-state index is 12.7. The number of benzene rings is 1. The molecule has 0 atom stereocenters. The highest BCUT2D eigenvalue weighted by molar-refractivity contribution is 5.94. The topological polar surface area (TPSA) is 51.4 Å². The number of nitrogens with zero attached hydrogens (tertiary/aromatic N) is 1. The third kappa shape index (κ3) is 10.6. The Labute approximate surface area is 206 Å². The van der Waals surface area contributed by atoms with Crippen molar-refractivity contribution in [3.63, 3.8) is 0 Å². The molecule has 0 bridgehead atoms. The molecule has 0 radical (unpaired) electrons. The molecule has 0 saturated heterocycles. The number of pyridine rings is 1. The molecule has 0 spiro atoms. The van der Waals surface area contributed by atoms with Gasteiger partial charge in [0.25, 0.3) is 5.91 Å². The average Bonchev–Trinajstić information content (AvgIpc) is 2.86. The highest BCUT2D eigenvalue weighted by Gasteiger charge is 2.12. The van der Waals surface area contributed by atoms with Crippen LogP contribution in [0.4, 0.5) is 0 Å². The Morgan fingerprint density at radius 3 is 2.26 bits per heavy atom. The number of methoxy groups -OCH3 is 1. The van der Waals surface area contributed by atoms with E-state index in [0.717, 1.165) is 24.9 Å². The number of rotatable bonds is 18. The van der Waals surface area contributed by atoms with Crippen molar-refractivity contribution in [3.05, 3.63) is 53.9 Å². The van der Waals surface area contributed by atoms with Crippen LogP contribution in [-0.2, 0) is 13.1 Å². The van der Waals surface area contributed by atoms with Crippen molar-refractivity contribution in [1.82, 2.24) is 5.32 Å². The van der Waals surface area contributed by atoms with Gasteiger partial charge in [0, 0.05) is 30.2 Å². The van der Waals surface area contributed by atoms with E-state index in [1.54, 1.807) is 19.2 Å². The van der Waals surface area contributed by atoms with E-state index < -0.39 is 0 Å². The summed E-state index contributed by atoms with van der Waals surface area (Å²) in [5.74, 6) is 1.17. The van der Waals surface area contributed by atoms with Crippen molar-refractivity contribution < 1.29 is 18.8 Å². The Hall–Kier alpha value is -2.56. The van der Waals surface area contributed by atoms with Crippen molar-refractivity contribution >= 4 is 5.91 Å². The molecule has 34 heavy (non-hydrogen) atoms. The zero-order valence-electron chi connectivity index (χ0n) is 21.6. The summed E-state index contributed by atoms with van der Waals surface area (Å²) < 4.78 is 13.6. The van der Waals surface area contributed by atoms with Crippen LogP contribution in [0.25, 0.3) is 0 Å². The fraction of sp³-hybridized carbons (Fsp3) is 0.586. The molecule has 0 aliphatic rings. The van der Waals surface area contributed by atoms with Gasteiger partial charge in [0.05, 0.1) is 13.7 Å². The molecule has 0 aliphatic carbocycles. The number of hydrogen-bond acceptors (Lipinski definition) is 3. The monoisotopic (exact) mass is 469 g/mol. The van der Waals surface area contributed by atoms with Gasteiger partial charge in [-0.05, 0) is 30.7 Å². The van der Waals surface area contributed by atoms with Crippen LogP contribution in [0.2, 0.25) is 0 Å². The largest absolute Gasteiger partial charge is 0.493 e. The molecule has 0 aliphatic heterocycles. The maximum atomic E-state index is 12.7. The zero-order chi connectivity index (χ0) is 24.4. The summed E-state index contributed by atoms with van der Waals surface area (Å²) in [6, 6.07) is 9.43. The minimum absolute atomic E-state index is 0.120. The standard InChI is InChI=1S/C29H44N2O3/c1-4-6-7-8-9-10-11-12-13-14-21-34-27-18-17-26(22-28(27)33-3)29(32)30-23-25-16-15-20-31(24-25)19-5-2/h15-18,20,22,24H,4-14,19,21,23H2,1-3H3/p+1. The quantitative estimate of drug-likeness (QED) is 0.197. The van der Waals surface area contributed by atoms with Crippen LogP contribution < -0.4 is 19.4 Å². The zero-order valence-corrected chi connectivity index (χ0v) is 21.6. The molecule has 5 nitrogen and oxygen atoms in total. The summed E-state index contributed by atoms with van der Waals surface area (Å²) in [5, 5.41) is 3.00. The van der Waals surface area contributed by atoms with Crippen LogP contribution in [0.1, 0.15) is 100 Å². The third-order valence-corrected chi connectivity index (χ3v) is 6.04. The smallest absolute Gasteiger partial charge is 0.251 e. The molecular formula is C29H45N2O3+. The summed E-state index contributed by atoms with van der Waals surface area (Å²) in [5.41, 5.74) is 1.65. The molecule has 1 amide bonds. The molecule has 188 valence electrons. The molecule has 5 heteroatoms. The Bertz CT molecular complexity index is 838. The highest BCUT2D eigenvalue weighted by atomic mass is 16.5. The Kier molecular flexibility index (Phi) is 13.8. The number of nitrogens with one attached hydrogen (secondary N) is 1. The lowest BCUT2D eigenvalue weighted by Crippen LogP contribution is -2.33. The lowest BCUT2D eigenvalue weighted by molar-refractivity contribution is -0.697. The van der Waals surface area contributed by atoms with Crippen LogP contribution in [-0.4, -0.2) is 19.6 Å². The minimum atomic E-state index is -0.120. The van der Waals surface area contributed by atoms with Gasteiger partial charge in [-0.15, -0.1) is 0 Å². The van der Waals surface area contributed by atoms with E-state index in [9.17, 15) is 4.79 Å². The number of carbonyl (C=O) groups is 1. The SMILES string of the molecule is CCCCCCCCCCCCOc1ccc(C(=O)NCc2ccc[n+](CCC)c2)cc1OC. The highest BCUT2D eigenvalue weighted by Crippen LogP contribution is 2.28. The first kappa shape index (κ1) is 27.7. The Morgan fingerprint density at radius 2 is 1.59 bits per heavy atom. The molecule has 0 fully saturated rings. The molecule has 1 N–H and O–H groups in total. The van der Waals surface area contributed by atoms with E-state index in [0.29, 0.717) is 30.2 Å². The predicted molar refractivity (Wildman–Crippen MR) is 138 cm³/mol. The summed E-state index contributed by atoms with van der Waals surface area (Å²) >= 11 is 0. The number of unbranched alkanes of at least 4 members (excludes halogenated alkanes) is 9. The van der Waals surface area contributed by atoms with E-state index in [2.05, 4.69) is 29.9 Å². The summed E-state index contributed by atoms with van der Waals surface area (Å²) in [7, 11) is 1.61. The van der Waals surface area contributed by atoms with Crippen LogP contribution in [0.5, 0.6) is 11.5 Å². The fourth-order valence-corrected chi connectivity index (χ4v) is 4.06. The van der Waals surface area contributed by atoms with Crippen LogP contribution in [0.3, 0.4) is 0 Å². The van der Waals surface area contributed by atoms with Crippen molar-refractivity contribution in [2.45, 2.75) is 97.6 Å². The summed E-state index contributed by atoms with van der Waals surface area (Å²) in [6.45, 7) is 6.55. The Balaban J connectivity index is 1.71. The second kappa shape index (κ2) is 17.0. The van der Waals surface area contributed by atoms with Crippen LogP contribution in [0, 0.1) is 0 Å². The third-order valence-electron chi connectivity index (χ3n) is 6.04. The number of hydrogen-bond donors (Lipinski definition) is 1. The van der Waals surface area contributed by atoms with Crippen molar-refractivity contribution in [2.75, 3.05) is 13.7 Å². The molecule has 2 aromatic rings. The lowest BCUT2D eigenvalue weighted by Gasteiger charge is -2.12. The first-order valence-electron chi connectivity index (χ1n) is 13.2. The average molecular weight is 470 g/mol. The lowest BCUT2D eigenvalue weighted by atomic mass is 10.1. The van der Waals surface area contributed by atoms with Gasteiger partial charge >= 0.3 is 0 Å². The van der Waals surface area contributed by atoms with E-state index in [1.807, 2.05) is 24.4 Å². The van der Waals surface area contributed by atoms with Gasteiger partial charge < -0.3 is 14.8 Å². The number of amides is 1. The van der Waals surface area contributed by atoms with Gasteiger partial charge in [0.1, 0.15) is 6.54 Å². The molecule has 1 heterocycles. The minimum Gasteiger partial charge on any atom is -0.493 e. The first-order chi connectivity index (χ1) is 16.7. The normalized spacial score (nSPS) is 10.8. The first-order valence-corrected chi connectivity index (χ1v) is 13.2. The summed E-state index contributed by atoms with van der Waals surface area (Å²) in [6.07, 6.45) is 18.2.